The van der Waals surface area contributed by atoms with Crippen molar-refractivity contribution in [1.29, 1.82) is 0 Å². The highest BCUT2D eigenvalue weighted by Gasteiger charge is 2.33. The standard InChI is InChI=1S/C23H20Cl2N4/c1-15-7-10-19(16-5-3-2-4-6-16)29(15)21-13-20(28-12-11-26-14-28)17-8-9-18(24)22(25)23(17)27-21/h2-6,8-9,11-15,19H,7,10H2,1H3/t15-,19-/m1/s1. The first kappa shape index (κ1) is 18.5. The number of pyridine rings is 1. The predicted molar refractivity (Wildman–Crippen MR) is 119 cm³/mol. The second-order valence-corrected chi connectivity index (χ2v) is 8.27. The highest BCUT2D eigenvalue weighted by molar-refractivity contribution is 6.45. The van der Waals surface area contributed by atoms with Crippen LogP contribution in [0.1, 0.15) is 31.4 Å². The monoisotopic (exact) mass is 422 g/mol. The van der Waals surface area contributed by atoms with Crippen molar-refractivity contribution < 1.29 is 0 Å². The Morgan fingerprint density at radius 3 is 2.62 bits per heavy atom. The molecule has 0 amide bonds. The molecule has 2 aromatic heterocycles. The Hall–Kier alpha value is -2.56. The number of anilines is 1. The van der Waals surface area contributed by atoms with Gasteiger partial charge in [-0.1, -0.05) is 53.5 Å². The number of fused-ring (bicyclic) bond motifs is 1. The van der Waals surface area contributed by atoms with Gasteiger partial charge in [0.2, 0.25) is 0 Å². The van der Waals surface area contributed by atoms with Crippen molar-refractivity contribution in [3.63, 3.8) is 0 Å². The van der Waals surface area contributed by atoms with Crippen molar-refractivity contribution in [2.45, 2.75) is 31.8 Å². The first-order valence-corrected chi connectivity index (χ1v) is 10.5. The van der Waals surface area contributed by atoms with Crippen molar-refractivity contribution in [2.24, 2.45) is 0 Å². The van der Waals surface area contributed by atoms with Crippen molar-refractivity contribution in [1.82, 2.24) is 14.5 Å². The molecule has 3 heterocycles. The van der Waals surface area contributed by atoms with Crippen molar-refractivity contribution in [2.75, 3.05) is 4.90 Å². The Kier molecular flexibility index (Phi) is 4.69. The van der Waals surface area contributed by atoms with Crippen molar-refractivity contribution >= 4 is 39.9 Å². The molecule has 0 N–H and O–H groups in total. The molecule has 1 fully saturated rings. The number of rotatable bonds is 3. The zero-order valence-corrected chi connectivity index (χ0v) is 17.5. The van der Waals surface area contributed by atoms with E-state index in [4.69, 9.17) is 28.2 Å². The van der Waals surface area contributed by atoms with E-state index in [0.717, 1.165) is 29.7 Å². The van der Waals surface area contributed by atoms with E-state index in [1.807, 2.05) is 22.9 Å². The molecule has 0 bridgehead atoms. The molecule has 4 nitrogen and oxygen atoms in total. The van der Waals surface area contributed by atoms with Gasteiger partial charge in [0.15, 0.2) is 0 Å². The first-order chi connectivity index (χ1) is 14.1. The minimum absolute atomic E-state index is 0.282. The summed E-state index contributed by atoms with van der Waals surface area (Å²) in [7, 11) is 0. The van der Waals surface area contributed by atoms with Gasteiger partial charge >= 0.3 is 0 Å². The highest BCUT2D eigenvalue weighted by Crippen LogP contribution is 2.42. The quantitative estimate of drug-likeness (QED) is 0.379. The van der Waals surface area contributed by atoms with Crippen LogP contribution in [0, 0.1) is 0 Å². The van der Waals surface area contributed by atoms with Gasteiger partial charge in [-0.15, -0.1) is 0 Å². The molecule has 29 heavy (non-hydrogen) atoms. The highest BCUT2D eigenvalue weighted by atomic mass is 35.5. The normalized spacial score (nSPS) is 19.2. The minimum Gasteiger partial charge on any atom is -0.347 e. The van der Waals surface area contributed by atoms with E-state index in [1.54, 1.807) is 12.5 Å². The van der Waals surface area contributed by atoms with Gasteiger partial charge in [0, 0.05) is 29.9 Å². The fraction of sp³-hybridized carbons (Fsp3) is 0.217. The van der Waals surface area contributed by atoms with Crippen LogP contribution in [-0.4, -0.2) is 20.6 Å². The Morgan fingerprint density at radius 2 is 1.86 bits per heavy atom. The lowest BCUT2D eigenvalue weighted by molar-refractivity contribution is 0.674. The average Bonchev–Trinajstić information content (AvgIpc) is 3.41. The number of hydrogen-bond donors (Lipinski definition) is 0. The zero-order valence-electron chi connectivity index (χ0n) is 16.0. The number of imidazole rings is 1. The van der Waals surface area contributed by atoms with E-state index in [-0.39, 0.29) is 6.04 Å². The van der Waals surface area contributed by atoms with Crippen LogP contribution in [0.5, 0.6) is 0 Å². The number of hydrogen-bond acceptors (Lipinski definition) is 3. The predicted octanol–water partition coefficient (Wildman–Crippen LogP) is 6.46. The summed E-state index contributed by atoms with van der Waals surface area (Å²) in [5, 5.41) is 1.94. The Morgan fingerprint density at radius 1 is 1.03 bits per heavy atom. The molecule has 5 rings (SSSR count). The van der Waals surface area contributed by atoms with Crippen LogP contribution in [0.3, 0.4) is 0 Å². The van der Waals surface area contributed by atoms with Crippen LogP contribution in [0.2, 0.25) is 10.0 Å². The average molecular weight is 423 g/mol. The number of aromatic nitrogens is 3. The van der Waals surface area contributed by atoms with Gasteiger partial charge in [0.25, 0.3) is 0 Å². The molecule has 0 unspecified atom stereocenters. The Balaban J connectivity index is 1.73. The van der Waals surface area contributed by atoms with Crippen LogP contribution in [-0.2, 0) is 0 Å². The van der Waals surface area contributed by atoms with Crippen molar-refractivity contribution in [3.8, 4) is 5.69 Å². The molecule has 1 aliphatic heterocycles. The van der Waals surface area contributed by atoms with Crippen molar-refractivity contribution in [3.05, 3.63) is 82.9 Å². The molecule has 6 heteroatoms. The number of nitrogens with zero attached hydrogens (tertiary/aromatic N) is 4. The lowest BCUT2D eigenvalue weighted by Gasteiger charge is -2.31. The van der Waals surface area contributed by atoms with Gasteiger partial charge in [0.05, 0.1) is 33.6 Å². The molecular weight excluding hydrogens is 403 g/mol. The summed E-state index contributed by atoms with van der Waals surface area (Å²) in [6.45, 7) is 2.26. The molecule has 1 aliphatic rings. The molecule has 0 saturated carbocycles. The zero-order chi connectivity index (χ0) is 20.0. The maximum atomic E-state index is 6.59. The topological polar surface area (TPSA) is 34.0 Å². The minimum atomic E-state index is 0.282. The van der Waals surface area contributed by atoms with Crippen LogP contribution >= 0.6 is 23.2 Å². The third-order valence-corrected chi connectivity index (χ3v) is 6.53. The molecular formula is C23H20Cl2N4. The summed E-state index contributed by atoms with van der Waals surface area (Å²) in [6.07, 6.45) is 7.71. The first-order valence-electron chi connectivity index (χ1n) is 9.74. The number of benzene rings is 2. The largest absolute Gasteiger partial charge is 0.347 e. The summed E-state index contributed by atoms with van der Waals surface area (Å²) in [6, 6.07) is 17.2. The molecule has 2 atom stereocenters. The summed E-state index contributed by atoms with van der Waals surface area (Å²) in [5.74, 6) is 0.907. The second-order valence-electron chi connectivity index (χ2n) is 7.49. The van der Waals surface area contributed by atoms with E-state index in [9.17, 15) is 0 Å². The molecule has 2 aromatic carbocycles. The van der Waals surface area contributed by atoms with Crippen LogP contribution < -0.4 is 4.90 Å². The van der Waals surface area contributed by atoms with E-state index < -0.39 is 0 Å². The smallest absolute Gasteiger partial charge is 0.132 e. The second kappa shape index (κ2) is 7.36. The summed E-state index contributed by atoms with van der Waals surface area (Å²) in [5.41, 5.74) is 3.01. The molecule has 4 aromatic rings. The van der Waals surface area contributed by atoms with Gasteiger partial charge in [-0.25, -0.2) is 9.97 Å². The summed E-state index contributed by atoms with van der Waals surface area (Å²) < 4.78 is 2.00. The van der Waals surface area contributed by atoms with Gasteiger partial charge in [0.1, 0.15) is 5.82 Å². The van der Waals surface area contributed by atoms with Gasteiger partial charge < -0.3 is 9.47 Å². The lowest BCUT2D eigenvalue weighted by Crippen LogP contribution is -2.30. The fourth-order valence-corrected chi connectivity index (χ4v) is 4.68. The summed E-state index contributed by atoms with van der Waals surface area (Å²) >= 11 is 12.9. The summed E-state index contributed by atoms with van der Waals surface area (Å²) in [4.78, 5) is 11.6. The van der Waals surface area contributed by atoms with Gasteiger partial charge in [-0.3, -0.25) is 0 Å². The maximum absolute atomic E-state index is 6.59. The molecule has 1 saturated heterocycles. The van der Waals surface area contributed by atoms with E-state index in [2.05, 4.69) is 53.2 Å². The van der Waals surface area contributed by atoms with Gasteiger partial charge in [-0.05, 0) is 37.5 Å². The Bertz CT molecular complexity index is 1160. The maximum Gasteiger partial charge on any atom is 0.132 e. The molecule has 0 aliphatic carbocycles. The molecule has 146 valence electrons. The van der Waals surface area contributed by atoms with E-state index in [0.29, 0.717) is 21.6 Å². The van der Waals surface area contributed by atoms with E-state index >= 15 is 0 Å². The van der Waals surface area contributed by atoms with E-state index in [1.165, 1.54) is 5.56 Å². The van der Waals surface area contributed by atoms with Crippen LogP contribution in [0.15, 0.2) is 67.3 Å². The van der Waals surface area contributed by atoms with Crippen LogP contribution in [0.25, 0.3) is 16.6 Å². The SMILES string of the molecule is C[C@@H]1CC[C@H](c2ccccc2)N1c1cc(-n2ccnc2)c2ccc(Cl)c(Cl)c2n1. The number of halogens is 2. The Labute approximate surface area is 179 Å². The third-order valence-electron chi connectivity index (χ3n) is 5.74. The molecule has 0 spiro atoms. The lowest BCUT2D eigenvalue weighted by atomic mass is 10.0. The van der Waals surface area contributed by atoms with Crippen LogP contribution in [0.4, 0.5) is 5.82 Å². The third kappa shape index (κ3) is 3.17. The fourth-order valence-electron chi connectivity index (χ4n) is 4.32. The molecule has 0 radical (unpaired) electrons. The van der Waals surface area contributed by atoms with Gasteiger partial charge in [-0.2, -0.15) is 0 Å².